The molecule has 5 heterocycles. The number of nitrogens with one attached hydrogen (secondary N) is 5. The van der Waals surface area contributed by atoms with E-state index < -0.39 is 81.8 Å². The van der Waals surface area contributed by atoms with Crippen molar-refractivity contribution < 1.29 is 51.4 Å². The molecule has 3 aliphatic heterocycles. The molecule has 6 N–H and O–H groups in total. The van der Waals surface area contributed by atoms with Crippen molar-refractivity contribution in [3.63, 3.8) is 0 Å². The molecule has 4 atom stereocenters. The van der Waals surface area contributed by atoms with E-state index in [0.29, 0.717) is 81.8 Å². The van der Waals surface area contributed by atoms with Gasteiger partial charge in [-0.15, -0.1) is 11.3 Å². The number of benzene rings is 3. The fraction of sp³-hybridized carbons (Fsp3) is 0.515. The fourth-order valence-corrected chi connectivity index (χ4v) is 12.7. The van der Waals surface area contributed by atoms with Crippen molar-refractivity contribution in [1.29, 1.82) is 0 Å². The van der Waals surface area contributed by atoms with E-state index in [-0.39, 0.29) is 44.0 Å². The maximum atomic E-state index is 14.8. The molecule has 0 bridgehead atoms. The van der Waals surface area contributed by atoms with Crippen LogP contribution in [0.2, 0.25) is 0 Å². The van der Waals surface area contributed by atoms with Crippen LogP contribution in [0.3, 0.4) is 0 Å². The number of hydrogen-bond acceptors (Lipinski definition) is 13. The van der Waals surface area contributed by atoms with Crippen LogP contribution in [-0.2, 0) is 36.7 Å². The zero-order valence-corrected chi connectivity index (χ0v) is 52.7. The molecule has 3 aromatic carbocycles. The molecule has 24 heteroatoms. The van der Waals surface area contributed by atoms with Gasteiger partial charge < -0.3 is 51.0 Å². The van der Waals surface area contributed by atoms with Gasteiger partial charge in [0.25, 0.3) is 11.8 Å². The largest absolute Gasteiger partial charge is 0.417 e. The molecule has 6 amide bonds. The minimum atomic E-state index is -4.92. The average Bonchev–Trinajstić information content (AvgIpc) is 1.19. The number of β-amino-alcohol motifs (C(OH)–C–C–N with tert-alkyl or cyclic N) is 1. The van der Waals surface area contributed by atoms with Crippen LogP contribution in [-0.4, -0.2) is 166 Å². The van der Waals surface area contributed by atoms with E-state index in [2.05, 4.69) is 52.0 Å². The Kier molecular flexibility index (Phi) is 21.7. The molecule has 2 aromatic heterocycles. The van der Waals surface area contributed by atoms with Gasteiger partial charge in [0.15, 0.2) is 5.67 Å². The third-order valence-corrected chi connectivity index (χ3v) is 18.4. The molecule has 3 saturated heterocycles. The van der Waals surface area contributed by atoms with Crippen molar-refractivity contribution in [3.05, 3.63) is 123 Å². The van der Waals surface area contributed by atoms with Crippen LogP contribution in [0.1, 0.15) is 130 Å². The molecule has 5 aromatic rings. The number of halogens is 4. The standard InChI is InChI=1S/C66H83F4N11O8S/c1-42-58(90-41-73-42)45-18-16-44(17-19-45)51(74-61(87)54-35-48(82)40-81(54)62(88)59(64(2,3)4)76-63(89)65(67)22-23-65)37-56(84)71-24-11-9-7-6-8-10-15-57(85)80-31-27-78(28-32-80)39-43-13-12-14-46(33-43)47-20-21-53(79-29-25-77(5)26-30-79)52(34-47)75-60(86)49-38-72-55(83)36-50(49)66(68,69)70/h12-14,16-21,33-34,36,38,41,48,51,54,59,82H,6-11,15,22-32,35,37,39-40H2,1-5H3,(H,71,84)(H,72,83)(H,74,87)(H,75,86)(H,76,89)/t48-,51+,54+,59-/m1/s1. The van der Waals surface area contributed by atoms with Crippen LogP contribution in [0.5, 0.6) is 0 Å². The summed E-state index contributed by atoms with van der Waals surface area (Å²) in [4.78, 5) is 111. The van der Waals surface area contributed by atoms with E-state index in [1.54, 1.807) is 32.3 Å². The topological polar surface area (TPSA) is 233 Å². The number of alkyl halides is 4. The van der Waals surface area contributed by atoms with Gasteiger partial charge >= 0.3 is 6.18 Å². The molecule has 19 nitrogen and oxygen atoms in total. The van der Waals surface area contributed by atoms with Crippen molar-refractivity contribution in [1.82, 2.24) is 45.5 Å². The number of rotatable bonds is 24. The Morgan fingerprint density at radius 1 is 0.822 bits per heavy atom. The average molecular weight is 1270 g/mol. The number of nitrogens with zero attached hydrogens (tertiary/aromatic N) is 6. The molecule has 1 aliphatic carbocycles. The molecule has 0 spiro atoms. The molecular weight excluding hydrogens is 1180 g/mol. The zero-order valence-electron chi connectivity index (χ0n) is 51.9. The van der Waals surface area contributed by atoms with E-state index in [9.17, 15) is 56.2 Å². The lowest BCUT2D eigenvalue weighted by molar-refractivity contribution is -0.145. The van der Waals surface area contributed by atoms with E-state index >= 15 is 0 Å². The molecule has 9 rings (SSSR count). The normalized spacial score (nSPS) is 18.6. The number of thiazole rings is 1. The number of likely N-dealkylation sites (N-methyl/N-ethyl adjacent to an activating group) is 1. The Bertz CT molecular complexity index is 3420. The highest BCUT2D eigenvalue weighted by Gasteiger charge is 2.53. The van der Waals surface area contributed by atoms with E-state index in [4.69, 9.17) is 0 Å². The van der Waals surface area contributed by atoms with E-state index in [1.807, 2.05) is 73.5 Å². The molecule has 90 heavy (non-hydrogen) atoms. The Morgan fingerprint density at radius 2 is 1.50 bits per heavy atom. The van der Waals surface area contributed by atoms with Crippen LogP contribution < -0.4 is 31.7 Å². The Hall–Kier alpha value is -7.54. The first-order valence-corrected chi connectivity index (χ1v) is 32.1. The fourth-order valence-electron chi connectivity index (χ4n) is 11.9. The number of carbonyl (C=O) groups is 6. The highest BCUT2D eigenvalue weighted by molar-refractivity contribution is 7.13. The lowest BCUT2D eigenvalue weighted by atomic mass is 9.85. The number of carbonyl (C=O) groups excluding carboxylic acids is 6. The number of amides is 6. The van der Waals surface area contributed by atoms with Crippen LogP contribution in [0.15, 0.2) is 89.3 Å². The maximum absolute atomic E-state index is 14.8. The second-order valence-electron chi connectivity index (χ2n) is 25.5. The van der Waals surface area contributed by atoms with Crippen molar-refractivity contribution in [2.45, 2.75) is 141 Å². The highest BCUT2D eigenvalue weighted by atomic mass is 32.1. The van der Waals surface area contributed by atoms with Gasteiger partial charge in [0.1, 0.15) is 12.1 Å². The molecule has 1 saturated carbocycles. The van der Waals surface area contributed by atoms with Crippen molar-refractivity contribution in [3.8, 4) is 21.6 Å². The predicted octanol–water partition coefficient (Wildman–Crippen LogP) is 8.23. The number of likely N-dealkylation sites (tertiary alicyclic amines) is 1. The van der Waals surface area contributed by atoms with Crippen LogP contribution in [0.4, 0.5) is 28.9 Å². The first-order valence-electron chi connectivity index (χ1n) is 31.2. The number of aromatic amines is 1. The number of pyridine rings is 1. The molecule has 4 fully saturated rings. The van der Waals surface area contributed by atoms with Crippen molar-refractivity contribution in [2.24, 2.45) is 5.41 Å². The number of unbranched alkanes of at least 4 members (excludes halogenated alkanes) is 5. The smallest absolute Gasteiger partial charge is 0.391 e. The van der Waals surface area contributed by atoms with Gasteiger partial charge in [0, 0.05) is 97.1 Å². The van der Waals surface area contributed by atoms with E-state index in [0.717, 1.165) is 90.6 Å². The Balaban J connectivity index is 0.709. The Labute approximate surface area is 526 Å². The molecule has 0 radical (unpaired) electrons. The number of H-pyrrole nitrogens is 1. The summed E-state index contributed by atoms with van der Waals surface area (Å²) in [7, 11) is 2.01. The van der Waals surface area contributed by atoms with Crippen LogP contribution in [0.25, 0.3) is 21.6 Å². The van der Waals surface area contributed by atoms with Gasteiger partial charge in [-0.3, -0.25) is 38.5 Å². The number of piperazine rings is 2. The number of hydrogen-bond donors (Lipinski definition) is 6. The van der Waals surface area contributed by atoms with Gasteiger partial charge in [0.2, 0.25) is 29.2 Å². The lowest BCUT2D eigenvalue weighted by Gasteiger charge is -2.36. The Morgan fingerprint density at radius 3 is 2.17 bits per heavy atom. The molecular formula is C66H83F4N11O8S. The summed E-state index contributed by atoms with van der Waals surface area (Å²) in [5, 5.41) is 22.1. The minimum absolute atomic E-state index is 0.0608. The van der Waals surface area contributed by atoms with Crippen LogP contribution >= 0.6 is 11.3 Å². The van der Waals surface area contributed by atoms with Crippen molar-refractivity contribution in [2.75, 3.05) is 82.7 Å². The summed E-state index contributed by atoms with van der Waals surface area (Å²) in [6, 6.07) is 18.4. The molecule has 0 unspecified atom stereocenters. The number of aliphatic hydroxyl groups excluding tert-OH is 1. The second-order valence-corrected chi connectivity index (χ2v) is 26.3. The third-order valence-electron chi connectivity index (χ3n) is 17.5. The first-order chi connectivity index (χ1) is 42.8. The zero-order chi connectivity index (χ0) is 64.5. The van der Waals surface area contributed by atoms with Gasteiger partial charge in [-0.1, -0.05) is 95.0 Å². The van der Waals surface area contributed by atoms with Gasteiger partial charge in [-0.2, -0.15) is 13.2 Å². The van der Waals surface area contributed by atoms with E-state index in [1.165, 1.54) is 16.2 Å². The summed E-state index contributed by atoms with van der Waals surface area (Å²) in [5.74, 6) is -3.19. The SMILES string of the molecule is Cc1ncsc1-c1ccc([C@H](CC(=O)NCCCCCCCCC(=O)N2CCN(Cc3cccc(-c4ccc(N5CCN(C)CC5)c(NC(=O)c5c[nH]c(=O)cc5C(F)(F)F)c4)c3)CC2)NC(=O)[C@@H]2C[C@@H](O)CN2C(=O)[C@@H](NC(=O)C2(F)CC2)C(C)(C)C)cc1. The predicted molar refractivity (Wildman–Crippen MR) is 337 cm³/mol. The number of aromatic nitrogens is 2. The quantitative estimate of drug-likeness (QED) is 0.0253. The first kappa shape index (κ1) is 66.9. The number of aliphatic hydroxyl groups is 1. The second kappa shape index (κ2) is 29.2. The number of anilines is 2. The summed E-state index contributed by atoms with van der Waals surface area (Å²) in [6.45, 7) is 13.5. The van der Waals surface area contributed by atoms with Crippen molar-refractivity contribution >= 4 is 58.2 Å². The van der Waals surface area contributed by atoms with Crippen LogP contribution in [0, 0.1) is 12.3 Å². The minimum Gasteiger partial charge on any atom is -0.391 e. The summed E-state index contributed by atoms with van der Waals surface area (Å²) < 4.78 is 56.8. The summed E-state index contributed by atoms with van der Waals surface area (Å²) in [5.41, 5.74) is 2.07. The van der Waals surface area contributed by atoms with Gasteiger partial charge in [-0.25, -0.2) is 9.37 Å². The highest BCUT2D eigenvalue weighted by Crippen LogP contribution is 2.41. The number of aryl methyl sites for hydroxylation is 1. The molecule has 484 valence electrons. The lowest BCUT2D eigenvalue weighted by Crippen LogP contribution is -2.59. The third kappa shape index (κ3) is 17.3. The monoisotopic (exact) mass is 1270 g/mol. The summed E-state index contributed by atoms with van der Waals surface area (Å²) in [6.07, 6.45) is 0.401. The van der Waals surface area contributed by atoms with Gasteiger partial charge in [0.05, 0.1) is 57.1 Å². The molecule has 4 aliphatic rings. The summed E-state index contributed by atoms with van der Waals surface area (Å²) >= 11 is 1.50. The maximum Gasteiger partial charge on any atom is 0.417 e. The van der Waals surface area contributed by atoms with Gasteiger partial charge in [-0.05, 0) is 91.1 Å².